The van der Waals surface area contributed by atoms with Crippen molar-refractivity contribution in [2.45, 2.75) is 45.8 Å². The molecule has 0 spiro atoms. The number of halogens is 4. The molecule has 3 heterocycles. The minimum absolute atomic E-state index is 0.0865. The first-order valence-corrected chi connectivity index (χ1v) is 11.2. The number of hydrogen-bond acceptors (Lipinski definition) is 8. The van der Waals surface area contributed by atoms with Gasteiger partial charge < -0.3 is 15.4 Å². The fourth-order valence-electron chi connectivity index (χ4n) is 3.25. The van der Waals surface area contributed by atoms with Crippen LogP contribution in [0, 0.1) is 37.3 Å². The van der Waals surface area contributed by atoms with Crippen LogP contribution in [0.4, 0.5) is 23.5 Å². The van der Waals surface area contributed by atoms with E-state index in [-0.39, 0.29) is 22.5 Å². The van der Waals surface area contributed by atoms with Gasteiger partial charge in [-0.25, -0.2) is 18.7 Å². The predicted octanol–water partition coefficient (Wildman–Crippen LogP) is 2.97. The largest absolute Gasteiger partial charge is 0.440 e. The molecule has 2 aromatic heterocycles. The Morgan fingerprint density at radius 3 is 2.45 bits per heavy atom. The molecule has 0 bridgehead atoms. The molecular formula is C24H28F4N8O2. The van der Waals surface area contributed by atoms with Gasteiger partial charge in [0.1, 0.15) is 11.3 Å². The Morgan fingerprint density at radius 2 is 1.84 bits per heavy atom. The van der Waals surface area contributed by atoms with Crippen molar-refractivity contribution in [2.75, 3.05) is 19.3 Å². The van der Waals surface area contributed by atoms with Crippen LogP contribution in [0.5, 0.6) is 0 Å². The molecule has 3 N–H and O–H groups in total. The molecule has 204 valence electrons. The Balaban J connectivity index is 0.00000112. The number of terminal acetylenes is 2. The van der Waals surface area contributed by atoms with Crippen molar-refractivity contribution in [3.05, 3.63) is 29.6 Å². The number of aromatic nitrogens is 4. The summed E-state index contributed by atoms with van der Waals surface area (Å²) >= 11 is 0. The first-order valence-electron chi connectivity index (χ1n) is 11.2. The minimum Gasteiger partial charge on any atom is -0.440 e. The summed E-state index contributed by atoms with van der Waals surface area (Å²) in [5, 5.41) is 7.67. The van der Waals surface area contributed by atoms with Crippen molar-refractivity contribution in [1.82, 2.24) is 29.9 Å². The number of alkyl halides is 2. The van der Waals surface area contributed by atoms with Gasteiger partial charge in [0, 0.05) is 26.1 Å². The van der Waals surface area contributed by atoms with Crippen molar-refractivity contribution in [2.24, 2.45) is 5.10 Å². The molecule has 1 aliphatic rings. The second kappa shape index (κ2) is 14.8. The average molecular weight is 537 g/mol. The van der Waals surface area contributed by atoms with Crippen molar-refractivity contribution >= 4 is 34.3 Å². The van der Waals surface area contributed by atoms with Gasteiger partial charge in [-0.05, 0) is 18.9 Å². The zero-order valence-electron chi connectivity index (χ0n) is 21.0. The van der Waals surface area contributed by atoms with Crippen LogP contribution in [0.1, 0.15) is 32.5 Å². The maximum absolute atomic E-state index is 14.0. The maximum atomic E-state index is 14.0. The lowest BCUT2D eigenvalue weighted by Gasteiger charge is -2.20. The van der Waals surface area contributed by atoms with Crippen molar-refractivity contribution in [3.63, 3.8) is 0 Å². The van der Waals surface area contributed by atoms with E-state index in [0.717, 1.165) is 6.07 Å². The third-order valence-corrected chi connectivity index (χ3v) is 4.83. The number of nitrogen functional groups attached to an aromatic ring is 1. The highest BCUT2D eigenvalue weighted by Crippen LogP contribution is 2.23. The molecule has 4 rings (SSSR count). The van der Waals surface area contributed by atoms with E-state index in [1.807, 2.05) is 13.8 Å². The summed E-state index contributed by atoms with van der Waals surface area (Å²) in [6, 6.07) is 1.83. The van der Waals surface area contributed by atoms with Crippen molar-refractivity contribution in [3.8, 4) is 25.7 Å². The summed E-state index contributed by atoms with van der Waals surface area (Å²) < 4.78 is 58.7. The molecule has 1 unspecified atom stereocenters. The van der Waals surface area contributed by atoms with Gasteiger partial charge in [-0.3, -0.25) is 10.2 Å². The molecule has 38 heavy (non-hydrogen) atoms. The van der Waals surface area contributed by atoms with E-state index in [4.69, 9.17) is 10.5 Å². The van der Waals surface area contributed by atoms with E-state index in [2.05, 4.69) is 51.3 Å². The summed E-state index contributed by atoms with van der Waals surface area (Å²) in [7, 11) is 1.51. The Hall–Kier alpha value is -4.59. The van der Waals surface area contributed by atoms with Crippen molar-refractivity contribution < 1.29 is 27.1 Å². The summed E-state index contributed by atoms with van der Waals surface area (Å²) in [4.78, 5) is 21.8. The Morgan fingerprint density at radius 1 is 1.18 bits per heavy atom. The number of carbonyl (C=O) groups excluding carboxylic acids is 1. The topological polar surface area (TPSA) is 123 Å². The van der Waals surface area contributed by atoms with Crippen LogP contribution in [0.3, 0.4) is 0 Å². The van der Waals surface area contributed by atoms with Crippen LogP contribution in [-0.4, -0.2) is 62.5 Å². The molecule has 0 saturated carbocycles. The lowest BCUT2D eigenvalue weighted by molar-refractivity contribution is -0.138. The fourth-order valence-corrected chi connectivity index (χ4v) is 3.25. The number of anilines is 1. The van der Waals surface area contributed by atoms with Gasteiger partial charge in [-0.1, -0.05) is 13.8 Å². The summed E-state index contributed by atoms with van der Waals surface area (Å²) in [5.41, 5.74) is 8.15. The minimum atomic E-state index is -2.90. The molecule has 1 amide bonds. The van der Waals surface area contributed by atoms with Gasteiger partial charge in [-0.2, -0.15) is 13.3 Å². The Kier molecular flexibility index (Phi) is 12.3. The number of ether oxygens (including phenoxy) is 1. The molecule has 14 heteroatoms. The number of nitrogens with two attached hydrogens (primary N) is 1. The number of hydrazone groups is 1. The molecule has 10 nitrogen and oxygen atoms in total. The predicted molar refractivity (Wildman–Crippen MR) is 136 cm³/mol. The zero-order valence-corrected chi connectivity index (χ0v) is 21.0. The summed E-state index contributed by atoms with van der Waals surface area (Å²) in [5.74, 6) is -2.68. The van der Waals surface area contributed by atoms with Gasteiger partial charge >= 0.3 is 6.43 Å². The highest BCUT2D eigenvalue weighted by Gasteiger charge is 2.32. The van der Waals surface area contributed by atoms with Gasteiger partial charge in [0.15, 0.2) is 17.3 Å². The number of amides is 1. The monoisotopic (exact) mass is 536 g/mol. The van der Waals surface area contributed by atoms with Crippen molar-refractivity contribution in [1.29, 1.82) is 0 Å². The second-order valence-electron chi connectivity index (χ2n) is 7.11. The number of likely N-dealkylation sites (N-methyl/N-ethyl adjacent to an activating group) is 1. The van der Waals surface area contributed by atoms with Crippen LogP contribution >= 0.6 is 0 Å². The van der Waals surface area contributed by atoms with E-state index < -0.39 is 36.1 Å². The quantitative estimate of drug-likeness (QED) is 0.270. The number of aryl methyl sites for hydroxylation is 1. The standard InChI is InChI=1S/C18H18F4N8O2.C2H6.2C2H2/c1-29(17(31)16-27-26-15(32-16)13(21)22)5-3-2-4-11-24-14-9-6-8(19)7-10(20)12(9)25-18(23)30(14)28-11;3*1-2/h6-7,13,16,27H,2-5H2,1H3,(H2,23,25);1-2H3;2*1-2H. The third-order valence-electron chi connectivity index (χ3n) is 4.83. The van der Waals surface area contributed by atoms with E-state index in [0.29, 0.717) is 37.7 Å². The van der Waals surface area contributed by atoms with Gasteiger partial charge in [-0.15, -0.1) is 35.9 Å². The molecule has 1 aromatic carbocycles. The number of nitrogens with one attached hydrogen (secondary N) is 1. The molecule has 0 fully saturated rings. The van der Waals surface area contributed by atoms with Crippen LogP contribution in [0.2, 0.25) is 0 Å². The first-order chi connectivity index (χ1) is 18.2. The second-order valence-corrected chi connectivity index (χ2v) is 7.11. The smallest absolute Gasteiger partial charge is 0.314 e. The highest BCUT2D eigenvalue weighted by atomic mass is 19.3. The van der Waals surface area contributed by atoms with Gasteiger partial charge in [0.2, 0.25) is 5.95 Å². The average Bonchev–Trinajstić information content (AvgIpc) is 3.59. The molecule has 3 aromatic rings. The van der Waals surface area contributed by atoms with E-state index in [1.54, 1.807) is 0 Å². The number of hydrogen-bond donors (Lipinski definition) is 2. The number of fused-ring (bicyclic) bond motifs is 3. The van der Waals surface area contributed by atoms with Crippen LogP contribution in [-0.2, 0) is 16.0 Å². The van der Waals surface area contributed by atoms with Crippen LogP contribution in [0.15, 0.2) is 17.2 Å². The third kappa shape index (κ3) is 7.22. The number of nitrogens with zero attached hydrogens (tertiary/aromatic N) is 6. The summed E-state index contributed by atoms with van der Waals surface area (Å²) in [6.07, 6.45) is 13.3. The number of benzene rings is 1. The molecule has 1 atom stereocenters. The molecule has 1 aliphatic heterocycles. The lowest BCUT2D eigenvalue weighted by atomic mass is 10.2. The van der Waals surface area contributed by atoms with E-state index >= 15 is 0 Å². The number of carbonyl (C=O) groups is 1. The highest BCUT2D eigenvalue weighted by molar-refractivity contribution is 5.92. The lowest BCUT2D eigenvalue weighted by Crippen LogP contribution is -2.43. The molecule has 0 aliphatic carbocycles. The Labute approximate surface area is 217 Å². The van der Waals surface area contributed by atoms with Gasteiger partial charge in [0.05, 0.1) is 5.39 Å². The molecular weight excluding hydrogens is 508 g/mol. The molecule has 0 saturated heterocycles. The van der Waals surface area contributed by atoms with E-state index in [9.17, 15) is 22.4 Å². The fraction of sp³-hybridized carbons (Fsp3) is 0.375. The number of rotatable bonds is 7. The maximum Gasteiger partial charge on any atom is 0.314 e. The number of unbranched alkanes of at least 4 members (excludes halogenated alkanes) is 1. The normalized spacial score (nSPS) is 13.6. The summed E-state index contributed by atoms with van der Waals surface area (Å²) in [6.45, 7) is 4.32. The first kappa shape index (κ1) is 31.4. The van der Waals surface area contributed by atoms with Crippen LogP contribution in [0.25, 0.3) is 16.6 Å². The Bertz CT molecular complexity index is 1300. The van der Waals surface area contributed by atoms with E-state index in [1.165, 1.54) is 16.5 Å². The van der Waals surface area contributed by atoms with Gasteiger partial charge in [0.25, 0.3) is 18.0 Å². The SMILES string of the molecule is C#C.C#C.CC.CN(CCCCc1nc2c3cc(F)cc(F)c3nc(N)n2n1)C(=O)C1NN=C(C(F)F)O1. The molecule has 0 radical (unpaired) electrons. The van der Waals surface area contributed by atoms with Crippen LogP contribution < -0.4 is 11.2 Å². The zero-order chi connectivity index (χ0) is 29.0.